The van der Waals surface area contributed by atoms with Crippen LogP contribution in [-0.4, -0.2) is 19.6 Å². The summed E-state index contributed by atoms with van der Waals surface area (Å²) < 4.78 is 11.1. The molecule has 146 valence electrons. The zero-order chi connectivity index (χ0) is 20.2. The Bertz CT molecular complexity index is 839. The van der Waals surface area contributed by atoms with Crippen molar-refractivity contribution in [3.63, 3.8) is 0 Å². The number of carbonyl (C=O) groups excluding carboxylic acids is 1. The van der Waals surface area contributed by atoms with E-state index in [9.17, 15) is 10.1 Å². The molecule has 0 unspecified atom stereocenters. The van der Waals surface area contributed by atoms with Crippen LogP contribution in [0.15, 0.2) is 54.1 Å². The molecule has 2 aromatic carbocycles. The number of hydrogen-bond acceptors (Lipinski definition) is 4. The quantitative estimate of drug-likeness (QED) is 0.376. The number of methoxy groups -OCH3 is 1. The van der Waals surface area contributed by atoms with Crippen LogP contribution < -0.4 is 14.8 Å². The number of ether oxygens (including phenoxy) is 2. The molecule has 0 aromatic heterocycles. The van der Waals surface area contributed by atoms with Gasteiger partial charge in [-0.15, -0.1) is 0 Å². The Morgan fingerprint density at radius 2 is 1.93 bits per heavy atom. The molecule has 2 rings (SSSR count). The Morgan fingerprint density at radius 1 is 1.14 bits per heavy atom. The van der Waals surface area contributed by atoms with Gasteiger partial charge in [0.05, 0.1) is 13.7 Å². The first-order chi connectivity index (χ1) is 13.7. The molecule has 5 heteroatoms. The third-order valence-electron chi connectivity index (χ3n) is 4.17. The lowest BCUT2D eigenvalue weighted by atomic mass is 10.1. The van der Waals surface area contributed by atoms with Gasteiger partial charge in [0, 0.05) is 6.54 Å². The van der Waals surface area contributed by atoms with Crippen LogP contribution in [0, 0.1) is 11.3 Å². The van der Waals surface area contributed by atoms with Crippen molar-refractivity contribution in [3.05, 3.63) is 65.2 Å². The average Bonchev–Trinajstić information content (AvgIpc) is 2.74. The molecule has 0 aliphatic rings. The molecule has 0 fully saturated rings. The SMILES string of the molecule is CCCCCOc1ccc(/C=C(/C#N)C(=O)NCc2ccccc2)cc1OC. The van der Waals surface area contributed by atoms with Crippen molar-refractivity contribution in [3.8, 4) is 17.6 Å². The van der Waals surface area contributed by atoms with Crippen molar-refractivity contribution in [1.29, 1.82) is 5.26 Å². The lowest BCUT2D eigenvalue weighted by Gasteiger charge is -2.11. The van der Waals surface area contributed by atoms with E-state index in [0.29, 0.717) is 30.2 Å². The Labute approximate surface area is 166 Å². The third kappa shape index (κ3) is 6.48. The van der Waals surface area contributed by atoms with E-state index in [4.69, 9.17) is 9.47 Å². The number of rotatable bonds is 10. The molecule has 0 spiro atoms. The summed E-state index contributed by atoms with van der Waals surface area (Å²) in [6.07, 6.45) is 4.78. The molecule has 0 aliphatic carbocycles. The molecule has 2 aromatic rings. The summed E-state index contributed by atoms with van der Waals surface area (Å²) in [6.45, 7) is 3.14. The first kappa shape index (κ1) is 21.0. The Morgan fingerprint density at radius 3 is 2.61 bits per heavy atom. The highest BCUT2D eigenvalue weighted by atomic mass is 16.5. The monoisotopic (exact) mass is 378 g/mol. The number of nitrogens with one attached hydrogen (secondary N) is 1. The molecule has 1 N–H and O–H groups in total. The van der Waals surface area contributed by atoms with Gasteiger partial charge in [-0.25, -0.2) is 0 Å². The van der Waals surface area contributed by atoms with Crippen molar-refractivity contribution >= 4 is 12.0 Å². The van der Waals surface area contributed by atoms with E-state index in [1.54, 1.807) is 31.4 Å². The summed E-state index contributed by atoms with van der Waals surface area (Å²) in [5.41, 5.74) is 1.71. The fourth-order valence-electron chi connectivity index (χ4n) is 2.62. The number of nitrogens with zero attached hydrogens (tertiary/aromatic N) is 1. The molecule has 0 aliphatic heterocycles. The predicted octanol–water partition coefficient (Wildman–Crippen LogP) is 4.49. The number of nitriles is 1. The number of amides is 1. The minimum atomic E-state index is -0.412. The van der Waals surface area contributed by atoms with Crippen LogP contribution in [0.4, 0.5) is 0 Å². The summed E-state index contributed by atoms with van der Waals surface area (Å²) in [5, 5.41) is 12.1. The van der Waals surface area contributed by atoms with E-state index in [1.807, 2.05) is 36.4 Å². The van der Waals surface area contributed by atoms with E-state index >= 15 is 0 Å². The van der Waals surface area contributed by atoms with Crippen LogP contribution in [0.1, 0.15) is 37.3 Å². The highest BCUT2D eigenvalue weighted by Gasteiger charge is 2.10. The van der Waals surface area contributed by atoms with E-state index in [0.717, 1.165) is 24.8 Å². The normalized spacial score (nSPS) is 10.8. The highest BCUT2D eigenvalue weighted by Crippen LogP contribution is 2.29. The molecular formula is C23H26N2O3. The fraction of sp³-hybridized carbons (Fsp3) is 0.304. The first-order valence-electron chi connectivity index (χ1n) is 9.42. The Kier molecular flexibility index (Phi) is 8.61. The summed E-state index contributed by atoms with van der Waals surface area (Å²) in [4.78, 5) is 12.3. The first-order valence-corrected chi connectivity index (χ1v) is 9.42. The maximum absolute atomic E-state index is 12.3. The largest absolute Gasteiger partial charge is 0.493 e. The van der Waals surface area contributed by atoms with E-state index in [2.05, 4.69) is 12.2 Å². The van der Waals surface area contributed by atoms with Gasteiger partial charge in [0.2, 0.25) is 0 Å². The van der Waals surface area contributed by atoms with E-state index in [-0.39, 0.29) is 5.57 Å². The summed E-state index contributed by atoms with van der Waals surface area (Å²) in [6, 6.07) is 16.9. The van der Waals surface area contributed by atoms with Crippen molar-refractivity contribution in [1.82, 2.24) is 5.32 Å². The van der Waals surface area contributed by atoms with Crippen molar-refractivity contribution < 1.29 is 14.3 Å². The Hall–Kier alpha value is -3.26. The second-order valence-electron chi connectivity index (χ2n) is 6.30. The van der Waals surface area contributed by atoms with Gasteiger partial charge in [0.15, 0.2) is 11.5 Å². The molecule has 0 bridgehead atoms. The van der Waals surface area contributed by atoms with Gasteiger partial charge in [-0.05, 0) is 35.8 Å². The maximum atomic E-state index is 12.3. The Balaban J connectivity index is 2.05. The third-order valence-corrected chi connectivity index (χ3v) is 4.17. The van der Waals surface area contributed by atoms with Gasteiger partial charge < -0.3 is 14.8 Å². The second kappa shape index (κ2) is 11.5. The van der Waals surface area contributed by atoms with Gasteiger partial charge in [0.25, 0.3) is 5.91 Å². The summed E-state index contributed by atoms with van der Waals surface area (Å²) >= 11 is 0. The van der Waals surface area contributed by atoms with E-state index in [1.165, 1.54) is 0 Å². The molecule has 1 amide bonds. The van der Waals surface area contributed by atoms with Crippen LogP contribution in [0.25, 0.3) is 6.08 Å². The molecule has 5 nitrogen and oxygen atoms in total. The molecule has 0 saturated heterocycles. The summed E-state index contributed by atoms with van der Waals surface area (Å²) in [7, 11) is 1.57. The highest BCUT2D eigenvalue weighted by molar-refractivity contribution is 6.01. The standard InChI is InChI=1S/C23H26N2O3/c1-3-4-8-13-28-21-12-11-19(15-22(21)27-2)14-20(16-24)23(26)25-17-18-9-6-5-7-10-18/h5-7,9-12,14-15H,3-4,8,13,17H2,1-2H3,(H,25,26)/b20-14-. The van der Waals surface area contributed by atoms with Crippen LogP contribution >= 0.6 is 0 Å². The minimum Gasteiger partial charge on any atom is -0.493 e. The fourth-order valence-corrected chi connectivity index (χ4v) is 2.62. The van der Waals surface area contributed by atoms with Crippen LogP contribution in [0.3, 0.4) is 0 Å². The number of benzene rings is 2. The smallest absolute Gasteiger partial charge is 0.262 e. The molecule has 0 saturated carbocycles. The average molecular weight is 378 g/mol. The molecule has 0 atom stereocenters. The number of unbranched alkanes of at least 4 members (excludes halogenated alkanes) is 2. The zero-order valence-corrected chi connectivity index (χ0v) is 16.4. The maximum Gasteiger partial charge on any atom is 0.262 e. The predicted molar refractivity (Wildman–Crippen MR) is 110 cm³/mol. The summed E-state index contributed by atoms with van der Waals surface area (Å²) in [5.74, 6) is 0.820. The van der Waals surface area contributed by atoms with Crippen LogP contribution in [0.5, 0.6) is 11.5 Å². The van der Waals surface area contributed by atoms with Crippen molar-refractivity contribution in [2.45, 2.75) is 32.7 Å². The van der Waals surface area contributed by atoms with Gasteiger partial charge in [-0.3, -0.25) is 4.79 Å². The van der Waals surface area contributed by atoms with Gasteiger partial charge in [-0.1, -0.05) is 56.2 Å². The van der Waals surface area contributed by atoms with Crippen LogP contribution in [-0.2, 0) is 11.3 Å². The van der Waals surface area contributed by atoms with E-state index < -0.39 is 5.91 Å². The molecular weight excluding hydrogens is 352 g/mol. The molecule has 0 heterocycles. The van der Waals surface area contributed by atoms with Gasteiger partial charge in [-0.2, -0.15) is 5.26 Å². The zero-order valence-electron chi connectivity index (χ0n) is 16.4. The second-order valence-corrected chi connectivity index (χ2v) is 6.30. The van der Waals surface area contributed by atoms with Gasteiger partial charge >= 0.3 is 0 Å². The lowest BCUT2D eigenvalue weighted by molar-refractivity contribution is -0.117. The number of hydrogen-bond donors (Lipinski definition) is 1. The molecule has 28 heavy (non-hydrogen) atoms. The molecule has 0 radical (unpaired) electrons. The minimum absolute atomic E-state index is 0.0367. The number of carbonyl (C=O) groups is 1. The van der Waals surface area contributed by atoms with Crippen molar-refractivity contribution in [2.75, 3.05) is 13.7 Å². The lowest BCUT2D eigenvalue weighted by Crippen LogP contribution is -2.23. The topological polar surface area (TPSA) is 71.3 Å². The van der Waals surface area contributed by atoms with Gasteiger partial charge in [0.1, 0.15) is 11.6 Å². The van der Waals surface area contributed by atoms with Crippen molar-refractivity contribution in [2.24, 2.45) is 0 Å². The van der Waals surface area contributed by atoms with Crippen LogP contribution in [0.2, 0.25) is 0 Å².